The van der Waals surface area contributed by atoms with Crippen molar-refractivity contribution in [2.24, 2.45) is 0 Å². The van der Waals surface area contributed by atoms with E-state index in [1.54, 1.807) is 7.11 Å². The lowest BCUT2D eigenvalue weighted by molar-refractivity contribution is -0.141. The van der Waals surface area contributed by atoms with Gasteiger partial charge in [0, 0.05) is 32.7 Å². The number of anilines is 1. The predicted octanol–water partition coefficient (Wildman–Crippen LogP) is 0.679. The van der Waals surface area contributed by atoms with E-state index in [-0.39, 0.29) is 13.1 Å². The van der Waals surface area contributed by atoms with Gasteiger partial charge in [-0.3, -0.25) is 19.4 Å². The quantitative estimate of drug-likeness (QED) is 0.625. The molecule has 1 saturated heterocycles. The van der Waals surface area contributed by atoms with Crippen LogP contribution in [0.5, 0.6) is 5.75 Å². The third-order valence-electron chi connectivity index (χ3n) is 4.46. The van der Waals surface area contributed by atoms with Gasteiger partial charge in [0.2, 0.25) is 0 Å². The summed E-state index contributed by atoms with van der Waals surface area (Å²) in [6.07, 6.45) is 0.745. The molecule has 144 valence electrons. The van der Waals surface area contributed by atoms with Crippen LogP contribution in [0.25, 0.3) is 0 Å². The van der Waals surface area contributed by atoms with Gasteiger partial charge in [-0.25, -0.2) is 0 Å². The summed E-state index contributed by atoms with van der Waals surface area (Å²) >= 11 is 0. The summed E-state index contributed by atoms with van der Waals surface area (Å²) in [4.78, 5) is 27.7. The lowest BCUT2D eigenvalue weighted by Crippen LogP contribution is -2.47. The highest BCUT2D eigenvalue weighted by Gasteiger charge is 2.20. The van der Waals surface area contributed by atoms with Crippen LogP contribution in [-0.4, -0.2) is 91.4 Å². The minimum atomic E-state index is -1.00. The van der Waals surface area contributed by atoms with Crippen molar-refractivity contribution >= 4 is 17.6 Å². The summed E-state index contributed by atoms with van der Waals surface area (Å²) < 4.78 is 5.42. The van der Waals surface area contributed by atoms with Gasteiger partial charge in [-0.1, -0.05) is 12.1 Å². The Hall–Kier alpha value is -2.32. The van der Waals surface area contributed by atoms with E-state index in [2.05, 4.69) is 15.9 Å². The van der Waals surface area contributed by atoms with Gasteiger partial charge in [0.15, 0.2) is 0 Å². The number of carboxylic acids is 2. The molecule has 2 rings (SSSR count). The first-order valence-electron chi connectivity index (χ1n) is 8.76. The van der Waals surface area contributed by atoms with E-state index in [1.165, 1.54) is 4.90 Å². The minimum Gasteiger partial charge on any atom is -0.495 e. The molecule has 0 unspecified atom stereocenters. The number of carboxylic acid groups (broad SMARTS) is 2. The average molecular weight is 365 g/mol. The fraction of sp³-hybridized carbons (Fsp3) is 0.556. The SMILES string of the molecule is COc1ccccc1N1CCN(CCCN(CC(=O)O)CC(=O)O)CC1. The highest BCUT2D eigenvalue weighted by Crippen LogP contribution is 2.28. The molecule has 1 aromatic carbocycles. The zero-order valence-corrected chi connectivity index (χ0v) is 15.1. The molecule has 2 N–H and O–H groups in total. The molecule has 0 spiro atoms. The monoisotopic (exact) mass is 365 g/mol. The van der Waals surface area contributed by atoms with Crippen LogP contribution in [0.2, 0.25) is 0 Å². The average Bonchev–Trinajstić information content (AvgIpc) is 2.61. The van der Waals surface area contributed by atoms with Crippen LogP contribution < -0.4 is 9.64 Å². The zero-order valence-electron chi connectivity index (χ0n) is 15.1. The Morgan fingerprint density at radius 3 is 2.27 bits per heavy atom. The number of ether oxygens (including phenoxy) is 1. The van der Waals surface area contributed by atoms with Crippen LogP contribution in [-0.2, 0) is 9.59 Å². The Balaban J connectivity index is 1.76. The molecule has 8 nitrogen and oxygen atoms in total. The van der Waals surface area contributed by atoms with Gasteiger partial charge in [0.25, 0.3) is 0 Å². The fourth-order valence-corrected chi connectivity index (χ4v) is 3.22. The summed E-state index contributed by atoms with van der Waals surface area (Å²) in [6, 6.07) is 7.98. The van der Waals surface area contributed by atoms with Crippen molar-refractivity contribution < 1.29 is 24.5 Å². The molecule has 8 heteroatoms. The lowest BCUT2D eigenvalue weighted by Gasteiger charge is -2.36. The third-order valence-corrected chi connectivity index (χ3v) is 4.46. The minimum absolute atomic E-state index is 0.242. The first-order chi connectivity index (χ1) is 12.5. The Kier molecular flexibility index (Phi) is 7.68. The molecule has 1 aliphatic rings. The van der Waals surface area contributed by atoms with Crippen LogP contribution in [0, 0.1) is 0 Å². The van der Waals surface area contributed by atoms with Crippen molar-refractivity contribution in [3.8, 4) is 5.75 Å². The standard InChI is InChI=1S/C18H27N3O5/c1-26-16-6-3-2-5-15(16)21-11-9-19(10-12-21)7-4-8-20(13-17(22)23)14-18(24)25/h2-3,5-6H,4,7-14H2,1H3,(H,22,23)(H,24,25). The van der Waals surface area contributed by atoms with Gasteiger partial charge in [0.05, 0.1) is 25.9 Å². The van der Waals surface area contributed by atoms with Gasteiger partial charge in [-0.2, -0.15) is 0 Å². The number of carbonyl (C=O) groups is 2. The highest BCUT2D eigenvalue weighted by molar-refractivity contribution is 5.72. The maximum atomic E-state index is 10.8. The Bertz CT molecular complexity index is 586. The van der Waals surface area contributed by atoms with Crippen LogP contribution in [0.15, 0.2) is 24.3 Å². The fourth-order valence-electron chi connectivity index (χ4n) is 3.22. The summed E-state index contributed by atoms with van der Waals surface area (Å²) in [5, 5.41) is 17.7. The number of hydrogen-bond donors (Lipinski definition) is 2. The number of nitrogens with zero attached hydrogens (tertiary/aromatic N) is 3. The largest absolute Gasteiger partial charge is 0.495 e. The van der Waals surface area contributed by atoms with Crippen molar-refractivity contribution in [1.82, 2.24) is 9.80 Å². The maximum absolute atomic E-state index is 10.8. The molecule has 26 heavy (non-hydrogen) atoms. The van der Waals surface area contributed by atoms with E-state index in [9.17, 15) is 9.59 Å². The molecule has 1 heterocycles. The molecule has 1 aliphatic heterocycles. The number of methoxy groups -OCH3 is 1. The second-order valence-corrected chi connectivity index (χ2v) is 6.35. The van der Waals surface area contributed by atoms with Crippen LogP contribution in [0.4, 0.5) is 5.69 Å². The Morgan fingerprint density at radius 1 is 1.08 bits per heavy atom. The van der Waals surface area contributed by atoms with Crippen molar-refractivity contribution in [3.05, 3.63) is 24.3 Å². The van der Waals surface area contributed by atoms with Gasteiger partial charge < -0.3 is 19.8 Å². The molecule has 1 aromatic rings. The number of hydrogen-bond acceptors (Lipinski definition) is 6. The topological polar surface area (TPSA) is 93.5 Å². The molecule has 0 radical (unpaired) electrons. The summed E-state index contributed by atoms with van der Waals surface area (Å²) in [6.45, 7) is 4.43. The number of rotatable bonds is 10. The Morgan fingerprint density at radius 2 is 1.69 bits per heavy atom. The number of benzene rings is 1. The van der Waals surface area contributed by atoms with E-state index in [0.29, 0.717) is 6.54 Å². The molecular formula is C18H27N3O5. The van der Waals surface area contributed by atoms with Crippen LogP contribution in [0.1, 0.15) is 6.42 Å². The lowest BCUT2D eigenvalue weighted by atomic mass is 10.2. The van der Waals surface area contributed by atoms with E-state index >= 15 is 0 Å². The molecule has 1 fully saturated rings. The van der Waals surface area contributed by atoms with Crippen molar-refractivity contribution in [2.75, 3.05) is 64.4 Å². The second-order valence-electron chi connectivity index (χ2n) is 6.35. The van der Waals surface area contributed by atoms with Gasteiger partial charge in [-0.05, 0) is 25.1 Å². The molecule has 0 aliphatic carbocycles. The number of aliphatic carboxylic acids is 2. The summed E-state index contributed by atoms with van der Waals surface area (Å²) in [5.41, 5.74) is 1.10. The molecule has 0 bridgehead atoms. The van der Waals surface area contributed by atoms with Crippen molar-refractivity contribution in [1.29, 1.82) is 0 Å². The van der Waals surface area contributed by atoms with E-state index in [4.69, 9.17) is 14.9 Å². The smallest absolute Gasteiger partial charge is 0.317 e. The molecule has 0 amide bonds. The highest BCUT2D eigenvalue weighted by atomic mass is 16.5. The number of piperazine rings is 1. The molecule has 0 atom stereocenters. The maximum Gasteiger partial charge on any atom is 0.317 e. The van der Waals surface area contributed by atoms with E-state index < -0.39 is 11.9 Å². The third kappa shape index (κ3) is 6.20. The molecule has 0 saturated carbocycles. The second kappa shape index (κ2) is 9.98. The van der Waals surface area contributed by atoms with Crippen molar-refractivity contribution in [2.45, 2.75) is 6.42 Å². The van der Waals surface area contributed by atoms with E-state index in [0.717, 1.165) is 50.6 Å². The van der Waals surface area contributed by atoms with Crippen LogP contribution >= 0.6 is 0 Å². The van der Waals surface area contributed by atoms with Crippen molar-refractivity contribution in [3.63, 3.8) is 0 Å². The van der Waals surface area contributed by atoms with E-state index in [1.807, 2.05) is 18.2 Å². The molecule has 0 aromatic heterocycles. The zero-order chi connectivity index (χ0) is 18.9. The predicted molar refractivity (Wildman–Crippen MR) is 98.0 cm³/mol. The Labute approximate surface area is 153 Å². The van der Waals surface area contributed by atoms with Gasteiger partial charge in [0.1, 0.15) is 5.75 Å². The van der Waals surface area contributed by atoms with Crippen LogP contribution in [0.3, 0.4) is 0 Å². The number of para-hydroxylation sites is 2. The first-order valence-corrected chi connectivity index (χ1v) is 8.76. The normalized spacial score (nSPS) is 15.2. The first kappa shape index (κ1) is 20.0. The van der Waals surface area contributed by atoms with Gasteiger partial charge in [-0.15, -0.1) is 0 Å². The molecular weight excluding hydrogens is 338 g/mol. The summed E-state index contributed by atoms with van der Waals surface area (Å²) in [7, 11) is 1.68. The summed E-state index contributed by atoms with van der Waals surface area (Å²) in [5.74, 6) is -1.13. The van der Waals surface area contributed by atoms with Gasteiger partial charge >= 0.3 is 11.9 Å².